The molecular weight excluding hydrogens is 224 g/mol. The average molecular weight is 233 g/mol. The second-order valence-corrected chi connectivity index (χ2v) is 2.95. The lowest BCUT2D eigenvalue weighted by atomic mass is 10.0. The lowest BCUT2D eigenvalue weighted by Gasteiger charge is -2.13. The van der Waals surface area contributed by atoms with Gasteiger partial charge < -0.3 is 20.7 Å². The summed E-state index contributed by atoms with van der Waals surface area (Å²) in [5, 5.41) is 18.0. The van der Waals surface area contributed by atoms with E-state index in [1.165, 1.54) is 0 Å². The topological polar surface area (TPSA) is 92.8 Å². The minimum absolute atomic E-state index is 0.399. The first kappa shape index (κ1) is 12.2. The van der Waals surface area contributed by atoms with Crippen LogP contribution in [0.2, 0.25) is 0 Å². The second kappa shape index (κ2) is 4.31. The molecule has 16 heavy (non-hydrogen) atoms. The number of rotatable bonds is 3. The van der Waals surface area contributed by atoms with Crippen molar-refractivity contribution in [2.24, 2.45) is 5.73 Å². The minimum Gasteiger partial charge on any atom is -0.504 e. The fourth-order valence-electron chi connectivity index (χ4n) is 1.22. The van der Waals surface area contributed by atoms with Crippen molar-refractivity contribution in [3.05, 3.63) is 23.3 Å². The zero-order valence-corrected chi connectivity index (χ0v) is 8.20. The maximum atomic E-state index is 13.2. The predicted octanol–water partition coefficient (Wildman–Crippen LogP) is 0.763. The standard InChI is InChI=1S/C9H9F2NO4/c1-16-8-4(11)2-3(10)5(7(8)13)6(12)9(14)15/h2,6,13H,12H2,1H3,(H,14,15). The summed E-state index contributed by atoms with van der Waals surface area (Å²) in [5.74, 6) is -5.53. The molecule has 1 unspecified atom stereocenters. The number of carbonyl (C=O) groups is 1. The van der Waals surface area contributed by atoms with Crippen LogP contribution in [0.5, 0.6) is 11.5 Å². The van der Waals surface area contributed by atoms with Gasteiger partial charge >= 0.3 is 5.97 Å². The summed E-state index contributed by atoms with van der Waals surface area (Å²) in [4.78, 5) is 10.6. The van der Waals surface area contributed by atoms with Crippen LogP contribution in [0.25, 0.3) is 0 Å². The second-order valence-electron chi connectivity index (χ2n) is 2.95. The minimum atomic E-state index is -1.80. The van der Waals surface area contributed by atoms with E-state index in [-0.39, 0.29) is 0 Å². The predicted molar refractivity (Wildman–Crippen MR) is 49.1 cm³/mol. The molecule has 1 aromatic rings. The van der Waals surface area contributed by atoms with Gasteiger partial charge in [0, 0.05) is 6.07 Å². The van der Waals surface area contributed by atoms with E-state index in [0.29, 0.717) is 6.07 Å². The maximum absolute atomic E-state index is 13.2. The van der Waals surface area contributed by atoms with Crippen LogP contribution in [0.4, 0.5) is 8.78 Å². The number of aromatic hydroxyl groups is 1. The van der Waals surface area contributed by atoms with E-state index in [2.05, 4.69) is 4.74 Å². The third-order valence-electron chi connectivity index (χ3n) is 1.98. The van der Waals surface area contributed by atoms with E-state index in [0.717, 1.165) is 7.11 Å². The van der Waals surface area contributed by atoms with Crippen LogP contribution in [0.1, 0.15) is 11.6 Å². The van der Waals surface area contributed by atoms with Crippen LogP contribution in [0, 0.1) is 11.6 Å². The fraction of sp³-hybridized carbons (Fsp3) is 0.222. The van der Waals surface area contributed by atoms with Crippen molar-refractivity contribution in [2.75, 3.05) is 7.11 Å². The molecule has 0 amide bonds. The van der Waals surface area contributed by atoms with Crippen molar-refractivity contribution >= 4 is 5.97 Å². The van der Waals surface area contributed by atoms with Gasteiger partial charge in [0.05, 0.1) is 12.7 Å². The molecule has 0 aliphatic rings. The summed E-state index contributed by atoms with van der Waals surface area (Å²) in [5.41, 5.74) is 4.42. The Bertz CT molecular complexity index is 436. The molecule has 0 radical (unpaired) electrons. The summed E-state index contributed by atoms with van der Waals surface area (Å²) in [7, 11) is 1.05. The van der Waals surface area contributed by atoms with Gasteiger partial charge in [-0.05, 0) is 0 Å². The summed E-state index contributed by atoms with van der Waals surface area (Å²) in [6, 6.07) is -1.40. The number of phenols is 1. The Morgan fingerprint density at radius 2 is 2.06 bits per heavy atom. The number of hydrogen-bond donors (Lipinski definition) is 3. The number of phenolic OH excluding ortho intramolecular Hbond substituents is 1. The molecule has 0 saturated heterocycles. The van der Waals surface area contributed by atoms with Crippen molar-refractivity contribution in [3.8, 4) is 11.5 Å². The third kappa shape index (κ3) is 1.89. The van der Waals surface area contributed by atoms with Crippen LogP contribution in [0.3, 0.4) is 0 Å². The summed E-state index contributed by atoms with van der Waals surface area (Å²) >= 11 is 0. The van der Waals surface area contributed by atoms with Crippen LogP contribution in [-0.4, -0.2) is 23.3 Å². The van der Waals surface area contributed by atoms with Gasteiger partial charge in [-0.1, -0.05) is 0 Å². The van der Waals surface area contributed by atoms with E-state index in [9.17, 15) is 18.7 Å². The van der Waals surface area contributed by atoms with Crippen molar-refractivity contribution in [2.45, 2.75) is 6.04 Å². The summed E-state index contributed by atoms with van der Waals surface area (Å²) in [6.45, 7) is 0. The quantitative estimate of drug-likeness (QED) is 0.716. The van der Waals surface area contributed by atoms with E-state index in [1.807, 2.05) is 0 Å². The smallest absolute Gasteiger partial charge is 0.325 e. The zero-order valence-electron chi connectivity index (χ0n) is 8.20. The molecule has 0 fully saturated rings. The first-order chi connectivity index (χ1) is 7.40. The highest BCUT2D eigenvalue weighted by Gasteiger charge is 2.27. The van der Waals surface area contributed by atoms with Gasteiger partial charge in [0.15, 0.2) is 17.3 Å². The highest BCUT2D eigenvalue weighted by molar-refractivity contribution is 5.77. The monoisotopic (exact) mass is 233 g/mol. The van der Waals surface area contributed by atoms with Gasteiger partial charge in [-0.3, -0.25) is 4.79 Å². The number of benzene rings is 1. The van der Waals surface area contributed by atoms with Crippen molar-refractivity contribution in [1.29, 1.82) is 0 Å². The molecule has 0 aliphatic carbocycles. The largest absolute Gasteiger partial charge is 0.504 e. The maximum Gasteiger partial charge on any atom is 0.325 e. The fourth-order valence-corrected chi connectivity index (χ4v) is 1.22. The average Bonchev–Trinajstić information content (AvgIpc) is 2.17. The Labute approximate surface area is 89.1 Å². The highest BCUT2D eigenvalue weighted by atomic mass is 19.1. The molecule has 1 rings (SSSR count). The number of hydrogen-bond acceptors (Lipinski definition) is 4. The van der Waals surface area contributed by atoms with Gasteiger partial charge in [-0.15, -0.1) is 0 Å². The number of nitrogens with two attached hydrogens (primary N) is 1. The van der Waals surface area contributed by atoms with Gasteiger partial charge in [0.25, 0.3) is 0 Å². The first-order valence-corrected chi connectivity index (χ1v) is 4.13. The molecular formula is C9H9F2NO4. The molecule has 0 bridgehead atoms. The Balaban J connectivity index is 3.45. The number of halogens is 2. The zero-order chi connectivity index (χ0) is 12.5. The van der Waals surface area contributed by atoms with E-state index in [4.69, 9.17) is 10.8 Å². The van der Waals surface area contributed by atoms with Gasteiger partial charge in [-0.2, -0.15) is 0 Å². The van der Waals surface area contributed by atoms with E-state index >= 15 is 0 Å². The summed E-state index contributed by atoms with van der Waals surface area (Å²) in [6.07, 6.45) is 0. The lowest BCUT2D eigenvalue weighted by Crippen LogP contribution is -2.22. The molecule has 0 aromatic heterocycles. The number of carboxylic acid groups (broad SMARTS) is 1. The van der Waals surface area contributed by atoms with Crippen LogP contribution < -0.4 is 10.5 Å². The SMILES string of the molecule is COc1c(F)cc(F)c(C(N)C(=O)O)c1O. The van der Waals surface area contributed by atoms with Gasteiger partial charge in [0.1, 0.15) is 11.9 Å². The molecule has 4 N–H and O–H groups in total. The molecule has 5 nitrogen and oxygen atoms in total. The summed E-state index contributed by atoms with van der Waals surface area (Å²) < 4.78 is 30.7. The number of carboxylic acids is 1. The number of aliphatic carboxylic acids is 1. The van der Waals surface area contributed by atoms with Crippen LogP contribution in [-0.2, 0) is 4.79 Å². The van der Waals surface area contributed by atoms with E-state index < -0.39 is 40.7 Å². The Hall–Kier alpha value is -1.89. The normalized spacial score (nSPS) is 12.2. The molecule has 7 heteroatoms. The number of ether oxygens (including phenoxy) is 1. The lowest BCUT2D eigenvalue weighted by molar-refractivity contribution is -0.138. The van der Waals surface area contributed by atoms with Crippen LogP contribution >= 0.6 is 0 Å². The van der Waals surface area contributed by atoms with Gasteiger partial charge in [0.2, 0.25) is 0 Å². The molecule has 0 saturated carbocycles. The van der Waals surface area contributed by atoms with Crippen molar-refractivity contribution < 1.29 is 28.5 Å². The van der Waals surface area contributed by atoms with Crippen LogP contribution in [0.15, 0.2) is 6.07 Å². The van der Waals surface area contributed by atoms with Crippen molar-refractivity contribution in [1.82, 2.24) is 0 Å². The number of methoxy groups -OCH3 is 1. The molecule has 1 atom stereocenters. The third-order valence-corrected chi connectivity index (χ3v) is 1.98. The molecule has 0 heterocycles. The molecule has 1 aromatic carbocycles. The highest BCUT2D eigenvalue weighted by Crippen LogP contribution is 2.37. The molecule has 0 spiro atoms. The molecule has 88 valence electrons. The first-order valence-electron chi connectivity index (χ1n) is 4.13. The Morgan fingerprint density at radius 3 is 2.50 bits per heavy atom. The Kier molecular flexibility index (Phi) is 3.28. The molecule has 0 aliphatic heterocycles. The van der Waals surface area contributed by atoms with E-state index in [1.54, 1.807) is 0 Å². The Morgan fingerprint density at radius 1 is 1.50 bits per heavy atom. The van der Waals surface area contributed by atoms with Crippen molar-refractivity contribution in [3.63, 3.8) is 0 Å². The van der Waals surface area contributed by atoms with Gasteiger partial charge in [-0.25, -0.2) is 8.78 Å².